The number of carboxylic acids is 1. The van der Waals surface area contributed by atoms with Crippen molar-refractivity contribution in [1.82, 2.24) is 0 Å². The molecule has 0 saturated carbocycles. The first-order valence-corrected chi connectivity index (χ1v) is 5.27. The van der Waals surface area contributed by atoms with Gasteiger partial charge in [0.1, 0.15) is 6.04 Å². The summed E-state index contributed by atoms with van der Waals surface area (Å²) in [6.07, 6.45) is 1.21. The van der Waals surface area contributed by atoms with Gasteiger partial charge in [-0.25, -0.2) is 0 Å². The van der Waals surface area contributed by atoms with Crippen molar-refractivity contribution in [3.63, 3.8) is 0 Å². The summed E-state index contributed by atoms with van der Waals surface area (Å²) in [5.41, 5.74) is 7.55. The van der Waals surface area contributed by atoms with Gasteiger partial charge < -0.3 is 21.5 Å². The van der Waals surface area contributed by atoms with Crippen LogP contribution in [0.3, 0.4) is 0 Å². The molecule has 0 aromatic heterocycles. The predicted molar refractivity (Wildman–Crippen MR) is 62.3 cm³/mol. The Balaban J connectivity index is 1.86. The van der Waals surface area contributed by atoms with Crippen LogP contribution in [0, 0.1) is 0 Å². The number of carboxylic acid groups (broad SMARTS) is 1. The molecule has 2 rings (SSSR count). The normalized spacial score (nSPS) is 16.1. The second kappa shape index (κ2) is 4.40. The van der Waals surface area contributed by atoms with Gasteiger partial charge in [0.2, 0.25) is 0 Å². The van der Waals surface area contributed by atoms with E-state index in [1.54, 1.807) is 0 Å². The molecule has 5 N–H and O–H groups in total. The summed E-state index contributed by atoms with van der Waals surface area (Å²) in [4.78, 5) is 10.6. The van der Waals surface area contributed by atoms with E-state index < -0.39 is 12.0 Å². The zero-order valence-corrected chi connectivity index (χ0v) is 8.81. The standard InChI is InChI=1S/C11H15N3O2/c12-7(11(15)16)5-6-10-13-8-3-1-2-4-9(8)14-10/h1-4,7,10,13-14H,5-6,12H2,(H,15,16). The monoisotopic (exact) mass is 221 g/mol. The molecule has 16 heavy (non-hydrogen) atoms. The Labute approximate surface area is 93.6 Å². The Morgan fingerprint density at radius 2 is 1.94 bits per heavy atom. The maximum absolute atomic E-state index is 10.6. The smallest absolute Gasteiger partial charge is 0.320 e. The van der Waals surface area contributed by atoms with Crippen molar-refractivity contribution >= 4 is 17.3 Å². The van der Waals surface area contributed by atoms with Crippen LogP contribution in [0.5, 0.6) is 0 Å². The molecule has 1 heterocycles. The second-order valence-electron chi connectivity index (χ2n) is 3.91. The van der Waals surface area contributed by atoms with E-state index in [9.17, 15) is 4.79 Å². The molecule has 0 fully saturated rings. The van der Waals surface area contributed by atoms with Crippen LogP contribution in [0.1, 0.15) is 12.8 Å². The molecule has 0 radical (unpaired) electrons. The van der Waals surface area contributed by atoms with Gasteiger partial charge in [-0.05, 0) is 25.0 Å². The fourth-order valence-electron chi connectivity index (χ4n) is 1.76. The minimum Gasteiger partial charge on any atom is -0.480 e. The van der Waals surface area contributed by atoms with Crippen molar-refractivity contribution in [2.24, 2.45) is 5.73 Å². The summed E-state index contributed by atoms with van der Waals surface area (Å²) in [5, 5.41) is 15.2. The van der Waals surface area contributed by atoms with E-state index in [0.29, 0.717) is 12.8 Å². The third-order valence-electron chi connectivity index (χ3n) is 2.67. The number of carbonyl (C=O) groups is 1. The number of nitrogens with one attached hydrogen (secondary N) is 2. The minimum absolute atomic E-state index is 0.0720. The number of para-hydroxylation sites is 2. The number of aliphatic carboxylic acids is 1. The van der Waals surface area contributed by atoms with Crippen molar-refractivity contribution in [2.45, 2.75) is 25.0 Å². The number of nitrogens with two attached hydrogens (primary N) is 1. The summed E-state index contributed by atoms with van der Waals surface area (Å²) in [5.74, 6) is -0.949. The SMILES string of the molecule is NC(CCC1Nc2ccccc2N1)C(=O)O. The fraction of sp³-hybridized carbons (Fsp3) is 0.364. The zero-order chi connectivity index (χ0) is 11.5. The molecule has 1 aliphatic rings. The highest BCUT2D eigenvalue weighted by Crippen LogP contribution is 2.29. The van der Waals surface area contributed by atoms with Gasteiger partial charge in [-0.3, -0.25) is 4.79 Å². The van der Waals surface area contributed by atoms with E-state index in [-0.39, 0.29) is 6.17 Å². The number of hydrogen-bond donors (Lipinski definition) is 4. The lowest BCUT2D eigenvalue weighted by molar-refractivity contribution is -0.138. The first-order valence-electron chi connectivity index (χ1n) is 5.27. The molecule has 0 aliphatic carbocycles. The van der Waals surface area contributed by atoms with Crippen LogP contribution in [0.4, 0.5) is 11.4 Å². The van der Waals surface area contributed by atoms with Gasteiger partial charge in [-0.1, -0.05) is 12.1 Å². The predicted octanol–water partition coefficient (Wildman–Crippen LogP) is 1.04. The summed E-state index contributed by atoms with van der Waals surface area (Å²) in [7, 11) is 0. The van der Waals surface area contributed by atoms with E-state index in [2.05, 4.69) is 10.6 Å². The average molecular weight is 221 g/mol. The largest absolute Gasteiger partial charge is 0.480 e. The van der Waals surface area contributed by atoms with E-state index in [1.807, 2.05) is 24.3 Å². The van der Waals surface area contributed by atoms with Gasteiger partial charge >= 0.3 is 5.97 Å². The maximum Gasteiger partial charge on any atom is 0.320 e. The van der Waals surface area contributed by atoms with Gasteiger partial charge in [-0.15, -0.1) is 0 Å². The highest BCUT2D eigenvalue weighted by Gasteiger charge is 2.20. The first-order chi connectivity index (χ1) is 7.66. The van der Waals surface area contributed by atoms with Crippen LogP contribution in [0.15, 0.2) is 24.3 Å². The quantitative estimate of drug-likeness (QED) is 0.610. The topological polar surface area (TPSA) is 87.4 Å². The Bertz CT molecular complexity index is 370. The van der Waals surface area contributed by atoms with Gasteiger partial charge in [0.25, 0.3) is 0 Å². The van der Waals surface area contributed by atoms with E-state index in [4.69, 9.17) is 10.8 Å². The molecule has 1 aromatic carbocycles. The zero-order valence-electron chi connectivity index (χ0n) is 8.81. The molecular formula is C11H15N3O2. The fourth-order valence-corrected chi connectivity index (χ4v) is 1.76. The molecule has 5 heteroatoms. The maximum atomic E-state index is 10.6. The van der Waals surface area contributed by atoms with Crippen LogP contribution in [-0.2, 0) is 4.79 Å². The molecule has 0 saturated heterocycles. The highest BCUT2D eigenvalue weighted by atomic mass is 16.4. The number of anilines is 2. The molecule has 0 bridgehead atoms. The lowest BCUT2D eigenvalue weighted by Crippen LogP contribution is -2.33. The summed E-state index contributed by atoms with van der Waals surface area (Å²) in [6.45, 7) is 0. The number of hydrogen-bond acceptors (Lipinski definition) is 4. The van der Waals surface area contributed by atoms with Crippen molar-refractivity contribution < 1.29 is 9.90 Å². The lowest BCUT2D eigenvalue weighted by atomic mass is 10.1. The Morgan fingerprint density at radius 1 is 1.38 bits per heavy atom. The Morgan fingerprint density at radius 3 is 2.44 bits per heavy atom. The van der Waals surface area contributed by atoms with Crippen molar-refractivity contribution in [1.29, 1.82) is 0 Å². The number of benzene rings is 1. The van der Waals surface area contributed by atoms with Crippen LogP contribution in [0.25, 0.3) is 0 Å². The molecule has 5 nitrogen and oxygen atoms in total. The van der Waals surface area contributed by atoms with Gasteiger partial charge in [0.05, 0.1) is 17.5 Å². The third kappa shape index (κ3) is 2.25. The van der Waals surface area contributed by atoms with E-state index in [1.165, 1.54) is 0 Å². The minimum atomic E-state index is -0.949. The number of fused-ring (bicyclic) bond motifs is 1. The second-order valence-corrected chi connectivity index (χ2v) is 3.91. The Hall–Kier alpha value is -1.75. The van der Waals surface area contributed by atoms with Gasteiger partial charge in [-0.2, -0.15) is 0 Å². The van der Waals surface area contributed by atoms with Crippen LogP contribution >= 0.6 is 0 Å². The molecular weight excluding hydrogens is 206 g/mol. The highest BCUT2D eigenvalue weighted by molar-refractivity contribution is 5.74. The molecule has 0 amide bonds. The summed E-state index contributed by atoms with van der Waals surface area (Å²) < 4.78 is 0. The van der Waals surface area contributed by atoms with Gasteiger partial charge in [0, 0.05) is 0 Å². The lowest BCUT2D eigenvalue weighted by Gasteiger charge is -2.13. The summed E-state index contributed by atoms with van der Waals surface area (Å²) in [6, 6.07) is 7.10. The Kier molecular flexibility index (Phi) is 2.96. The third-order valence-corrected chi connectivity index (χ3v) is 2.67. The van der Waals surface area contributed by atoms with E-state index >= 15 is 0 Å². The molecule has 0 spiro atoms. The van der Waals surface area contributed by atoms with E-state index in [0.717, 1.165) is 11.4 Å². The van der Waals surface area contributed by atoms with Crippen molar-refractivity contribution in [2.75, 3.05) is 10.6 Å². The van der Waals surface area contributed by atoms with Crippen molar-refractivity contribution in [3.8, 4) is 0 Å². The first kappa shape index (κ1) is 10.8. The average Bonchev–Trinajstić information content (AvgIpc) is 2.68. The van der Waals surface area contributed by atoms with Crippen LogP contribution in [0.2, 0.25) is 0 Å². The van der Waals surface area contributed by atoms with Crippen molar-refractivity contribution in [3.05, 3.63) is 24.3 Å². The molecule has 1 unspecified atom stereocenters. The molecule has 86 valence electrons. The summed E-state index contributed by atoms with van der Waals surface area (Å²) >= 11 is 0. The molecule has 1 atom stereocenters. The molecule has 1 aliphatic heterocycles. The number of rotatable bonds is 4. The van der Waals surface area contributed by atoms with Crippen LogP contribution < -0.4 is 16.4 Å². The van der Waals surface area contributed by atoms with Crippen LogP contribution in [-0.4, -0.2) is 23.3 Å². The molecule has 1 aromatic rings. The van der Waals surface area contributed by atoms with Gasteiger partial charge in [0.15, 0.2) is 0 Å².